The van der Waals surface area contributed by atoms with Crippen LogP contribution in [0.5, 0.6) is 0 Å². The second-order valence-electron chi connectivity index (χ2n) is 2.66. The first-order chi connectivity index (χ1) is 6.29. The van der Waals surface area contributed by atoms with E-state index >= 15 is 0 Å². The number of aromatic nitrogens is 1. The molecule has 0 aliphatic carbocycles. The Balaban J connectivity index is 2.76. The fourth-order valence-corrected chi connectivity index (χ4v) is 1.13. The number of rotatable bonds is 4. The van der Waals surface area contributed by atoms with Gasteiger partial charge in [-0.05, 0) is 18.6 Å². The smallest absolute Gasteiger partial charge is 0.354 e. The van der Waals surface area contributed by atoms with Crippen LogP contribution in [0.15, 0.2) is 31.0 Å². The van der Waals surface area contributed by atoms with Gasteiger partial charge in [-0.25, -0.2) is 4.79 Å². The van der Waals surface area contributed by atoms with Crippen LogP contribution in [-0.2, 0) is 11.3 Å². The van der Waals surface area contributed by atoms with E-state index < -0.39 is 0 Å². The Kier molecular flexibility index (Phi) is 3.31. The van der Waals surface area contributed by atoms with E-state index in [-0.39, 0.29) is 5.97 Å². The maximum atomic E-state index is 11.2. The summed E-state index contributed by atoms with van der Waals surface area (Å²) >= 11 is 0. The SMILES string of the molecule is C=CCCn1cccc1C(=O)OC. The zero-order chi connectivity index (χ0) is 9.68. The van der Waals surface area contributed by atoms with Gasteiger partial charge in [0.25, 0.3) is 0 Å². The number of aryl methyl sites for hydroxylation is 1. The van der Waals surface area contributed by atoms with E-state index in [9.17, 15) is 4.79 Å². The lowest BCUT2D eigenvalue weighted by atomic mass is 10.4. The van der Waals surface area contributed by atoms with Gasteiger partial charge in [-0.2, -0.15) is 0 Å². The standard InChI is InChI=1S/C10H13NO2/c1-3-4-7-11-8-5-6-9(11)10(12)13-2/h3,5-6,8H,1,4,7H2,2H3. The van der Waals surface area contributed by atoms with Crippen molar-refractivity contribution in [3.05, 3.63) is 36.7 Å². The van der Waals surface area contributed by atoms with Gasteiger partial charge < -0.3 is 9.30 Å². The number of allylic oxidation sites excluding steroid dienone is 1. The van der Waals surface area contributed by atoms with Gasteiger partial charge in [0.1, 0.15) is 5.69 Å². The molecule has 70 valence electrons. The van der Waals surface area contributed by atoms with Crippen LogP contribution in [0.1, 0.15) is 16.9 Å². The molecule has 0 saturated carbocycles. The van der Waals surface area contributed by atoms with Gasteiger partial charge >= 0.3 is 5.97 Å². The highest BCUT2D eigenvalue weighted by Crippen LogP contribution is 2.05. The van der Waals surface area contributed by atoms with Crippen LogP contribution in [0.3, 0.4) is 0 Å². The van der Waals surface area contributed by atoms with Crippen molar-refractivity contribution in [2.45, 2.75) is 13.0 Å². The van der Waals surface area contributed by atoms with E-state index in [2.05, 4.69) is 11.3 Å². The van der Waals surface area contributed by atoms with Gasteiger partial charge in [0.05, 0.1) is 7.11 Å². The Morgan fingerprint density at radius 2 is 2.54 bits per heavy atom. The molecule has 0 bridgehead atoms. The minimum atomic E-state index is -0.297. The van der Waals surface area contributed by atoms with Crippen molar-refractivity contribution in [3.8, 4) is 0 Å². The number of carbonyl (C=O) groups excluding carboxylic acids is 1. The predicted molar refractivity (Wildman–Crippen MR) is 50.6 cm³/mol. The van der Waals surface area contributed by atoms with E-state index in [1.54, 1.807) is 6.07 Å². The highest BCUT2D eigenvalue weighted by Gasteiger charge is 2.09. The third-order valence-corrected chi connectivity index (χ3v) is 1.80. The first-order valence-corrected chi connectivity index (χ1v) is 4.14. The number of ether oxygens (including phenoxy) is 1. The molecule has 0 radical (unpaired) electrons. The van der Waals surface area contributed by atoms with Crippen molar-refractivity contribution < 1.29 is 9.53 Å². The Morgan fingerprint density at radius 3 is 3.15 bits per heavy atom. The summed E-state index contributed by atoms with van der Waals surface area (Å²) in [5, 5.41) is 0. The van der Waals surface area contributed by atoms with E-state index in [0.717, 1.165) is 13.0 Å². The summed E-state index contributed by atoms with van der Waals surface area (Å²) in [5.41, 5.74) is 0.587. The molecule has 0 aliphatic heterocycles. The third-order valence-electron chi connectivity index (χ3n) is 1.80. The number of esters is 1. The van der Waals surface area contributed by atoms with Gasteiger partial charge in [-0.15, -0.1) is 6.58 Å². The van der Waals surface area contributed by atoms with Crippen LogP contribution in [0.4, 0.5) is 0 Å². The molecule has 0 saturated heterocycles. The summed E-state index contributed by atoms with van der Waals surface area (Å²) in [7, 11) is 1.38. The predicted octanol–water partition coefficient (Wildman–Crippen LogP) is 1.85. The van der Waals surface area contributed by atoms with Crippen molar-refractivity contribution in [1.29, 1.82) is 0 Å². The molecule has 3 heteroatoms. The van der Waals surface area contributed by atoms with E-state index in [1.165, 1.54) is 7.11 Å². The summed E-state index contributed by atoms with van der Waals surface area (Å²) in [6, 6.07) is 3.57. The monoisotopic (exact) mass is 179 g/mol. The molecule has 0 atom stereocenters. The average molecular weight is 179 g/mol. The number of hydrogen-bond donors (Lipinski definition) is 0. The third kappa shape index (κ3) is 2.21. The fraction of sp³-hybridized carbons (Fsp3) is 0.300. The summed E-state index contributed by atoms with van der Waals surface area (Å²) in [6.07, 6.45) is 4.52. The number of methoxy groups -OCH3 is 1. The molecule has 1 aromatic rings. The van der Waals surface area contributed by atoms with Gasteiger partial charge in [-0.1, -0.05) is 6.08 Å². The molecule has 3 nitrogen and oxygen atoms in total. The summed E-state index contributed by atoms with van der Waals surface area (Å²) in [6.45, 7) is 4.39. The largest absolute Gasteiger partial charge is 0.464 e. The number of hydrogen-bond acceptors (Lipinski definition) is 2. The van der Waals surface area contributed by atoms with Gasteiger partial charge in [0, 0.05) is 12.7 Å². The van der Waals surface area contributed by atoms with E-state index in [0.29, 0.717) is 5.69 Å². The molecule has 0 N–H and O–H groups in total. The molecule has 1 rings (SSSR count). The van der Waals surface area contributed by atoms with Crippen LogP contribution in [0, 0.1) is 0 Å². The van der Waals surface area contributed by atoms with Crippen LogP contribution >= 0.6 is 0 Å². The van der Waals surface area contributed by atoms with Crippen molar-refractivity contribution in [2.24, 2.45) is 0 Å². The fourth-order valence-electron chi connectivity index (χ4n) is 1.13. The lowest BCUT2D eigenvalue weighted by molar-refractivity contribution is 0.0588. The van der Waals surface area contributed by atoms with E-state index in [4.69, 9.17) is 0 Å². The Bertz CT molecular complexity index is 302. The first-order valence-electron chi connectivity index (χ1n) is 4.14. The maximum absolute atomic E-state index is 11.2. The van der Waals surface area contributed by atoms with Crippen molar-refractivity contribution in [1.82, 2.24) is 4.57 Å². The molecule has 1 aromatic heterocycles. The Hall–Kier alpha value is -1.51. The lowest BCUT2D eigenvalue weighted by Crippen LogP contribution is -2.09. The van der Waals surface area contributed by atoms with Crippen LogP contribution < -0.4 is 0 Å². The molecule has 1 heterocycles. The first kappa shape index (κ1) is 9.58. The number of nitrogens with zero attached hydrogens (tertiary/aromatic N) is 1. The van der Waals surface area contributed by atoms with Gasteiger partial charge in [0.15, 0.2) is 0 Å². The second-order valence-corrected chi connectivity index (χ2v) is 2.66. The van der Waals surface area contributed by atoms with Crippen molar-refractivity contribution in [2.75, 3.05) is 7.11 Å². The van der Waals surface area contributed by atoms with Crippen LogP contribution in [0.25, 0.3) is 0 Å². The Labute approximate surface area is 77.6 Å². The quantitative estimate of drug-likeness (QED) is 0.521. The molecule has 0 unspecified atom stereocenters. The number of carbonyl (C=O) groups is 1. The molecule has 0 amide bonds. The molecule has 13 heavy (non-hydrogen) atoms. The second kappa shape index (κ2) is 4.50. The van der Waals surface area contributed by atoms with Gasteiger partial charge in [0.2, 0.25) is 0 Å². The molecule has 0 spiro atoms. The maximum Gasteiger partial charge on any atom is 0.354 e. The highest BCUT2D eigenvalue weighted by molar-refractivity contribution is 5.87. The van der Waals surface area contributed by atoms with E-state index in [1.807, 2.05) is 22.9 Å². The lowest BCUT2D eigenvalue weighted by Gasteiger charge is -2.04. The topological polar surface area (TPSA) is 31.2 Å². The summed E-state index contributed by atoms with van der Waals surface area (Å²) < 4.78 is 6.48. The van der Waals surface area contributed by atoms with Crippen molar-refractivity contribution >= 4 is 5.97 Å². The van der Waals surface area contributed by atoms with Gasteiger partial charge in [-0.3, -0.25) is 0 Å². The zero-order valence-electron chi connectivity index (χ0n) is 7.69. The zero-order valence-corrected chi connectivity index (χ0v) is 7.69. The molecule has 0 fully saturated rings. The minimum absolute atomic E-state index is 0.297. The molecular formula is C10H13NO2. The molecule has 0 aromatic carbocycles. The van der Waals surface area contributed by atoms with Crippen LogP contribution in [0.2, 0.25) is 0 Å². The molecule has 0 aliphatic rings. The average Bonchev–Trinajstić information content (AvgIpc) is 2.61. The normalized spacial score (nSPS) is 9.62. The minimum Gasteiger partial charge on any atom is -0.464 e. The Morgan fingerprint density at radius 1 is 1.77 bits per heavy atom. The highest BCUT2D eigenvalue weighted by atomic mass is 16.5. The summed E-state index contributed by atoms with van der Waals surface area (Å²) in [5.74, 6) is -0.297. The summed E-state index contributed by atoms with van der Waals surface area (Å²) in [4.78, 5) is 11.2. The van der Waals surface area contributed by atoms with Crippen LogP contribution in [-0.4, -0.2) is 17.6 Å². The van der Waals surface area contributed by atoms with Crippen molar-refractivity contribution in [3.63, 3.8) is 0 Å². The molecular weight excluding hydrogens is 166 g/mol.